The van der Waals surface area contributed by atoms with Crippen molar-refractivity contribution < 1.29 is 14.2 Å². The summed E-state index contributed by atoms with van der Waals surface area (Å²) in [6.45, 7) is 5.74. The second-order valence-corrected chi connectivity index (χ2v) is 16.6. The lowest BCUT2D eigenvalue weighted by Crippen LogP contribution is -2.51. The van der Waals surface area contributed by atoms with Crippen LogP contribution in [0.2, 0.25) is 0 Å². The first-order chi connectivity index (χ1) is 17.2. The minimum absolute atomic E-state index is 0.413. The van der Waals surface area contributed by atoms with Crippen LogP contribution >= 0.6 is 35.3 Å². The van der Waals surface area contributed by atoms with Gasteiger partial charge in [0.15, 0.2) is 0 Å². The summed E-state index contributed by atoms with van der Waals surface area (Å²) in [6, 6.07) is 0. The molecule has 6 aliphatic rings. The summed E-state index contributed by atoms with van der Waals surface area (Å²) in [5.41, 5.74) is 0.413. The molecule has 0 amide bonds. The molecule has 3 nitrogen and oxygen atoms in total. The van der Waals surface area contributed by atoms with Gasteiger partial charge in [-0.2, -0.15) is 35.3 Å². The van der Waals surface area contributed by atoms with Crippen molar-refractivity contribution in [2.45, 2.75) is 118 Å². The molecule has 35 heavy (non-hydrogen) atoms. The molecule has 5 atom stereocenters. The Morgan fingerprint density at radius 3 is 1.46 bits per heavy atom. The molecule has 200 valence electrons. The van der Waals surface area contributed by atoms with Crippen LogP contribution in [0.15, 0.2) is 0 Å². The average Bonchev–Trinajstić information content (AvgIpc) is 3.76. The summed E-state index contributed by atoms with van der Waals surface area (Å²) in [5, 5.41) is 2.40. The van der Waals surface area contributed by atoms with E-state index in [1.807, 2.05) is 0 Å². The van der Waals surface area contributed by atoms with E-state index in [0.29, 0.717) is 23.7 Å². The van der Waals surface area contributed by atoms with Crippen molar-refractivity contribution in [3.05, 3.63) is 0 Å². The Morgan fingerprint density at radius 1 is 0.571 bits per heavy atom. The van der Waals surface area contributed by atoms with Crippen molar-refractivity contribution in [2.24, 2.45) is 23.2 Å². The van der Waals surface area contributed by atoms with Crippen molar-refractivity contribution in [3.63, 3.8) is 0 Å². The maximum Gasteiger partial charge on any atom is 0.0609 e. The third-order valence-electron chi connectivity index (χ3n) is 10.3. The van der Waals surface area contributed by atoms with Gasteiger partial charge in [-0.05, 0) is 87.4 Å². The van der Waals surface area contributed by atoms with Crippen molar-refractivity contribution in [3.8, 4) is 0 Å². The lowest BCUT2D eigenvalue weighted by atomic mass is 9.51. The Morgan fingerprint density at radius 2 is 1.00 bits per heavy atom. The molecular weight excluding hydrogens is 493 g/mol. The predicted molar refractivity (Wildman–Crippen MR) is 152 cm³/mol. The fraction of sp³-hybridized carbons (Fsp3) is 1.00. The highest BCUT2D eigenvalue weighted by molar-refractivity contribution is 8.07. The lowest BCUT2D eigenvalue weighted by molar-refractivity contribution is -0.124. The molecule has 0 aromatic heterocycles. The molecule has 0 aromatic carbocycles. The Balaban J connectivity index is 1.12. The number of rotatable bonds is 12. The smallest absolute Gasteiger partial charge is 0.0609 e. The van der Waals surface area contributed by atoms with Crippen LogP contribution in [0.3, 0.4) is 0 Å². The summed E-state index contributed by atoms with van der Waals surface area (Å²) in [6.07, 6.45) is 17.6. The van der Waals surface area contributed by atoms with Gasteiger partial charge in [0.2, 0.25) is 0 Å². The largest absolute Gasteiger partial charge is 0.377 e. The van der Waals surface area contributed by atoms with E-state index in [1.165, 1.54) is 94.3 Å². The van der Waals surface area contributed by atoms with Crippen LogP contribution in [-0.2, 0) is 14.2 Å². The van der Waals surface area contributed by atoms with Crippen LogP contribution < -0.4 is 0 Å². The van der Waals surface area contributed by atoms with Gasteiger partial charge in [0.05, 0.1) is 38.1 Å². The Hall–Kier alpha value is 0.930. The van der Waals surface area contributed by atoms with Crippen molar-refractivity contribution in [1.82, 2.24) is 0 Å². The average molecular weight is 541 g/mol. The number of thioether (sulfide) groups is 3. The molecule has 6 fully saturated rings. The van der Waals surface area contributed by atoms with E-state index in [0.717, 1.165) is 53.3 Å². The van der Waals surface area contributed by atoms with Crippen LogP contribution in [0.1, 0.15) is 84.0 Å². The lowest BCUT2D eigenvalue weighted by Gasteiger charge is -2.55. The van der Waals surface area contributed by atoms with Gasteiger partial charge in [-0.1, -0.05) is 19.8 Å². The van der Waals surface area contributed by atoms with Gasteiger partial charge in [0.1, 0.15) is 0 Å². The Kier molecular flexibility index (Phi) is 8.96. The fourth-order valence-corrected chi connectivity index (χ4v) is 9.08. The van der Waals surface area contributed by atoms with Crippen molar-refractivity contribution >= 4 is 35.3 Å². The molecule has 6 heteroatoms. The van der Waals surface area contributed by atoms with E-state index < -0.39 is 0 Å². The minimum atomic E-state index is 0.413. The number of hydrogen-bond acceptors (Lipinski definition) is 6. The summed E-state index contributed by atoms with van der Waals surface area (Å²) < 4.78 is 19.5. The third-order valence-corrected chi connectivity index (χ3v) is 13.2. The maximum atomic E-state index is 6.76. The fourth-order valence-electron chi connectivity index (χ4n) is 7.86. The van der Waals surface area contributed by atoms with E-state index in [1.54, 1.807) is 0 Å². The van der Waals surface area contributed by atoms with E-state index in [-0.39, 0.29) is 0 Å². The standard InChI is InChI=1S/C29H48O3S3/c1-29(20-6-10-22(11-7-20)30-14-24-17-33-24,21-8-12-23(13-9-21)31-15-25-18-34-25)27-4-2-3-5-28(27)32-16-26-19-35-26/h20-28H,2-19H2,1H3. The highest BCUT2D eigenvalue weighted by Crippen LogP contribution is 2.57. The van der Waals surface area contributed by atoms with Gasteiger partial charge in [-0.15, -0.1) is 0 Å². The number of hydrogen-bond donors (Lipinski definition) is 0. The highest BCUT2D eigenvalue weighted by atomic mass is 32.2. The van der Waals surface area contributed by atoms with E-state index in [9.17, 15) is 0 Å². The van der Waals surface area contributed by atoms with Gasteiger partial charge in [0.25, 0.3) is 0 Å². The van der Waals surface area contributed by atoms with Gasteiger partial charge < -0.3 is 14.2 Å². The quantitative estimate of drug-likeness (QED) is 0.246. The zero-order valence-electron chi connectivity index (χ0n) is 21.9. The van der Waals surface area contributed by atoms with E-state index >= 15 is 0 Å². The molecule has 0 radical (unpaired) electrons. The van der Waals surface area contributed by atoms with Gasteiger partial charge >= 0.3 is 0 Å². The molecule has 6 rings (SSSR count). The zero-order chi connectivity index (χ0) is 23.7. The Labute approximate surface area is 227 Å². The molecule has 0 N–H and O–H groups in total. The first-order valence-electron chi connectivity index (χ1n) is 14.9. The summed E-state index contributed by atoms with van der Waals surface area (Å²) in [5.74, 6) is 6.39. The van der Waals surface area contributed by atoms with Crippen LogP contribution in [0.4, 0.5) is 0 Å². The van der Waals surface area contributed by atoms with Crippen LogP contribution in [0.5, 0.6) is 0 Å². The molecule has 0 aromatic rings. The highest BCUT2D eigenvalue weighted by Gasteiger charge is 2.51. The summed E-state index contributed by atoms with van der Waals surface area (Å²) in [7, 11) is 0. The van der Waals surface area contributed by atoms with Gasteiger partial charge in [-0.3, -0.25) is 0 Å². The molecule has 3 saturated carbocycles. The van der Waals surface area contributed by atoms with Crippen LogP contribution in [-0.4, -0.2) is 71.1 Å². The first-order valence-corrected chi connectivity index (χ1v) is 18.0. The van der Waals surface area contributed by atoms with Crippen LogP contribution in [0, 0.1) is 23.2 Å². The van der Waals surface area contributed by atoms with Crippen molar-refractivity contribution in [2.75, 3.05) is 37.1 Å². The maximum absolute atomic E-state index is 6.76. The molecule has 3 saturated heterocycles. The SMILES string of the molecule is CC(C1CCC(OCC2CS2)CC1)(C1CCC(OCC2CS2)CC1)C1CCCCC1OCC1CS1. The molecule has 0 bridgehead atoms. The third kappa shape index (κ3) is 6.93. The van der Waals surface area contributed by atoms with Crippen LogP contribution in [0.25, 0.3) is 0 Å². The molecule has 3 aliphatic heterocycles. The predicted octanol–water partition coefficient (Wildman–Crippen LogP) is 7.07. The Bertz CT molecular complexity index is 628. The molecular formula is C29H48O3S3. The number of ether oxygens (including phenoxy) is 3. The minimum Gasteiger partial charge on any atom is -0.377 e. The summed E-state index contributed by atoms with van der Waals surface area (Å²) >= 11 is 6.22. The molecule has 3 aliphatic carbocycles. The van der Waals surface area contributed by atoms with Gasteiger partial charge in [-0.25, -0.2) is 0 Å². The second-order valence-electron chi connectivity index (χ2n) is 12.6. The first kappa shape index (κ1) is 26.2. The normalized spacial score (nSPS) is 45.0. The van der Waals surface area contributed by atoms with Crippen molar-refractivity contribution in [1.29, 1.82) is 0 Å². The summed E-state index contributed by atoms with van der Waals surface area (Å²) in [4.78, 5) is 0. The topological polar surface area (TPSA) is 27.7 Å². The van der Waals surface area contributed by atoms with E-state index in [2.05, 4.69) is 42.2 Å². The second kappa shape index (κ2) is 12.0. The van der Waals surface area contributed by atoms with Gasteiger partial charge in [0, 0.05) is 33.0 Å². The monoisotopic (exact) mass is 540 g/mol. The zero-order valence-corrected chi connectivity index (χ0v) is 24.3. The van der Waals surface area contributed by atoms with E-state index in [4.69, 9.17) is 14.2 Å². The molecule has 3 heterocycles. The molecule has 0 spiro atoms. The molecule has 5 unspecified atom stereocenters.